The summed E-state index contributed by atoms with van der Waals surface area (Å²) < 4.78 is 7.31. The maximum Gasteiger partial charge on any atom is 0.119 e. The first-order valence-corrected chi connectivity index (χ1v) is 7.18. The van der Waals surface area contributed by atoms with Gasteiger partial charge in [-0.3, -0.25) is 4.68 Å². The molecule has 0 saturated carbocycles. The van der Waals surface area contributed by atoms with Gasteiger partial charge in [-0.2, -0.15) is 5.10 Å². The van der Waals surface area contributed by atoms with E-state index < -0.39 is 0 Å². The van der Waals surface area contributed by atoms with Crippen molar-refractivity contribution in [3.63, 3.8) is 0 Å². The van der Waals surface area contributed by atoms with E-state index in [0.717, 1.165) is 25.3 Å². The maximum absolute atomic E-state index is 5.31. The van der Waals surface area contributed by atoms with E-state index in [4.69, 9.17) is 4.74 Å². The Bertz CT molecular complexity index is 536. The van der Waals surface area contributed by atoms with Crippen molar-refractivity contribution in [1.82, 2.24) is 15.1 Å². The van der Waals surface area contributed by atoms with Gasteiger partial charge in [0.1, 0.15) is 5.75 Å². The first-order chi connectivity index (χ1) is 9.78. The lowest BCUT2D eigenvalue weighted by Crippen LogP contribution is -2.21. The molecule has 1 aromatic carbocycles. The van der Waals surface area contributed by atoms with Gasteiger partial charge in [0.2, 0.25) is 0 Å². The Labute approximate surface area is 120 Å². The van der Waals surface area contributed by atoms with E-state index in [0.29, 0.717) is 0 Å². The summed E-state index contributed by atoms with van der Waals surface area (Å²) in [6.07, 6.45) is 5.16. The number of aryl methyl sites for hydroxylation is 1. The van der Waals surface area contributed by atoms with Gasteiger partial charge >= 0.3 is 0 Å². The topological polar surface area (TPSA) is 39.1 Å². The van der Waals surface area contributed by atoms with E-state index in [9.17, 15) is 0 Å². The van der Waals surface area contributed by atoms with Crippen molar-refractivity contribution >= 4 is 0 Å². The summed E-state index contributed by atoms with van der Waals surface area (Å²) in [4.78, 5) is 0. The highest BCUT2D eigenvalue weighted by atomic mass is 16.5. The third-order valence-corrected chi connectivity index (χ3v) is 3.27. The molecular weight excluding hydrogens is 250 g/mol. The Morgan fingerprint density at radius 2 is 2.15 bits per heavy atom. The average Bonchev–Trinajstić information content (AvgIpc) is 2.93. The standard InChI is InChI=1S/C16H23N3O/c1-4-9-19-12-14(11-18-19)16(17-5-2)13-7-6-8-15(10-13)20-3/h6-8,10-12,16-17H,4-5,9H2,1-3H3. The molecule has 1 unspecified atom stereocenters. The molecule has 0 aliphatic rings. The molecule has 1 heterocycles. The number of aromatic nitrogens is 2. The van der Waals surface area contributed by atoms with Gasteiger partial charge in [-0.15, -0.1) is 0 Å². The zero-order valence-electron chi connectivity index (χ0n) is 12.5. The Hall–Kier alpha value is -1.81. The van der Waals surface area contributed by atoms with Crippen LogP contribution >= 0.6 is 0 Å². The van der Waals surface area contributed by atoms with Crippen molar-refractivity contribution in [2.45, 2.75) is 32.9 Å². The molecular formula is C16H23N3O. The van der Waals surface area contributed by atoms with Gasteiger partial charge in [0.15, 0.2) is 0 Å². The van der Waals surface area contributed by atoms with Crippen LogP contribution in [-0.4, -0.2) is 23.4 Å². The SMILES string of the molecule is CCCn1cc(C(NCC)c2cccc(OC)c2)cn1. The number of hydrogen-bond acceptors (Lipinski definition) is 3. The number of methoxy groups -OCH3 is 1. The first-order valence-electron chi connectivity index (χ1n) is 7.18. The average molecular weight is 273 g/mol. The van der Waals surface area contributed by atoms with Crippen molar-refractivity contribution in [2.75, 3.05) is 13.7 Å². The number of benzene rings is 1. The van der Waals surface area contributed by atoms with Gasteiger partial charge in [0.05, 0.1) is 19.3 Å². The van der Waals surface area contributed by atoms with E-state index in [1.807, 2.05) is 23.0 Å². The van der Waals surface area contributed by atoms with Crippen LogP contribution in [0.4, 0.5) is 0 Å². The fraction of sp³-hybridized carbons (Fsp3) is 0.438. The Morgan fingerprint density at radius 3 is 2.85 bits per heavy atom. The van der Waals surface area contributed by atoms with Crippen LogP contribution in [0.25, 0.3) is 0 Å². The second-order valence-electron chi connectivity index (χ2n) is 4.80. The molecule has 1 N–H and O–H groups in total. The van der Waals surface area contributed by atoms with Gasteiger partial charge in [-0.25, -0.2) is 0 Å². The monoisotopic (exact) mass is 273 g/mol. The molecule has 1 aromatic heterocycles. The third-order valence-electron chi connectivity index (χ3n) is 3.27. The number of ether oxygens (including phenoxy) is 1. The van der Waals surface area contributed by atoms with E-state index in [-0.39, 0.29) is 6.04 Å². The Kier molecular flexibility index (Phi) is 5.18. The highest BCUT2D eigenvalue weighted by molar-refractivity contribution is 5.35. The quantitative estimate of drug-likeness (QED) is 0.843. The molecule has 108 valence electrons. The lowest BCUT2D eigenvalue weighted by molar-refractivity contribution is 0.413. The zero-order chi connectivity index (χ0) is 14.4. The maximum atomic E-state index is 5.31. The summed E-state index contributed by atoms with van der Waals surface area (Å²) in [6.45, 7) is 6.13. The first kappa shape index (κ1) is 14.6. The summed E-state index contributed by atoms with van der Waals surface area (Å²) in [7, 11) is 1.70. The van der Waals surface area contributed by atoms with Crippen molar-refractivity contribution in [3.8, 4) is 5.75 Å². The minimum absolute atomic E-state index is 0.153. The summed E-state index contributed by atoms with van der Waals surface area (Å²) in [6, 6.07) is 8.33. The van der Waals surface area contributed by atoms with Gasteiger partial charge in [0, 0.05) is 18.3 Å². The lowest BCUT2D eigenvalue weighted by Gasteiger charge is -2.17. The zero-order valence-corrected chi connectivity index (χ0v) is 12.5. The largest absolute Gasteiger partial charge is 0.497 e. The van der Waals surface area contributed by atoms with Gasteiger partial charge in [0.25, 0.3) is 0 Å². The van der Waals surface area contributed by atoms with Crippen LogP contribution < -0.4 is 10.1 Å². The molecule has 0 spiro atoms. The second kappa shape index (κ2) is 7.10. The molecule has 20 heavy (non-hydrogen) atoms. The molecule has 0 aliphatic heterocycles. The van der Waals surface area contributed by atoms with Crippen LogP contribution in [0.3, 0.4) is 0 Å². The highest BCUT2D eigenvalue weighted by Crippen LogP contribution is 2.24. The van der Waals surface area contributed by atoms with E-state index in [2.05, 4.69) is 42.6 Å². The molecule has 0 saturated heterocycles. The Balaban J connectivity index is 2.28. The lowest BCUT2D eigenvalue weighted by atomic mass is 10.0. The van der Waals surface area contributed by atoms with Crippen LogP contribution in [0, 0.1) is 0 Å². The van der Waals surface area contributed by atoms with Crippen LogP contribution in [0.2, 0.25) is 0 Å². The molecule has 1 atom stereocenters. The molecule has 4 heteroatoms. The Morgan fingerprint density at radius 1 is 1.30 bits per heavy atom. The van der Waals surface area contributed by atoms with Gasteiger partial charge < -0.3 is 10.1 Å². The normalized spacial score (nSPS) is 12.3. The molecule has 0 bridgehead atoms. The van der Waals surface area contributed by atoms with E-state index in [1.54, 1.807) is 7.11 Å². The molecule has 4 nitrogen and oxygen atoms in total. The minimum atomic E-state index is 0.153. The molecule has 0 aliphatic carbocycles. The summed E-state index contributed by atoms with van der Waals surface area (Å²) in [5, 5.41) is 7.94. The van der Waals surface area contributed by atoms with Crippen molar-refractivity contribution in [3.05, 3.63) is 47.8 Å². The fourth-order valence-corrected chi connectivity index (χ4v) is 2.33. The van der Waals surface area contributed by atoms with Crippen LogP contribution in [0.15, 0.2) is 36.7 Å². The predicted octanol–water partition coefficient (Wildman–Crippen LogP) is 3.00. The number of rotatable bonds is 7. The molecule has 0 fully saturated rings. The summed E-state index contributed by atoms with van der Waals surface area (Å²) in [5.74, 6) is 0.881. The second-order valence-corrected chi connectivity index (χ2v) is 4.80. The number of nitrogens with zero attached hydrogens (tertiary/aromatic N) is 2. The fourth-order valence-electron chi connectivity index (χ4n) is 2.33. The van der Waals surface area contributed by atoms with Gasteiger partial charge in [-0.1, -0.05) is 26.0 Å². The molecule has 0 amide bonds. The molecule has 0 radical (unpaired) electrons. The van der Waals surface area contributed by atoms with E-state index in [1.165, 1.54) is 11.1 Å². The molecule has 2 aromatic rings. The van der Waals surface area contributed by atoms with Crippen molar-refractivity contribution in [1.29, 1.82) is 0 Å². The van der Waals surface area contributed by atoms with Crippen molar-refractivity contribution < 1.29 is 4.74 Å². The van der Waals surface area contributed by atoms with Crippen LogP contribution in [0.1, 0.15) is 37.4 Å². The summed E-state index contributed by atoms with van der Waals surface area (Å²) in [5.41, 5.74) is 2.39. The smallest absolute Gasteiger partial charge is 0.119 e. The third kappa shape index (κ3) is 3.39. The number of nitrogens with one attached hydrogen (secondary N) is 1. The van der Waals surface area contributed by atoms with E-state index >= 15 is 0 Å². The van der Waals surface area contributed by atoms with Gasteiger partial charge in [-0.05, 0) is 30.7 Å². The number of hydrogen-bond donors (Lipinski definition) is 1. The minimum Gasteiger partial charge on any atom is -0.497 e. The van der Waals surface area contributed by atoms with Crippen LogP contribution in [-0.2, 0) is 6.54 Å². The van der Waals surface area contributed by atoms with Crippen molar-refractivity contribution in [2.24, 2.45) is 0 Å². The molecule has 2 rings (SSSR count). The van der Waals surface area contributed by atoms with Crippen LogP contribution in [0.5, 0.6) is 5.75 Å². The summed E-state index contributed by atoms with van der Waals surface area (Å²) >= 11 is 0. The highest BCUT2D eigenvalue weighted by Gasteiger charge is 2.15. The predicted molar refractivity (Wildman–Crippen MR) is 81.0 cm³/mol.